The molecule has 1 aliphatic rings. The molecule has 0 aromatic carbocycles. The lowest BCUT2D eigenvalue weighted by molar-refractivity contribution is -0.127. The van der Waals surface area contributed by atoms with Crippen LogP contribution in [0.1, 0.15) is 0 Å². The summed E-state index contributed by atoms with van der Waals surface area (Å²) in [6.45, 7) is 0.262. The van der Waals surface area contributed by atoms with Gasteiger partial charge in [-0.1, -0.05) is 0 Å². The number of likely N-dealkylation sites (N-methyl/N-ethyl adjacent to an activating group) is 1. The van der Waals surface area contributed by atoms with Gasteiger partial charge >= 0.3 is 6.09 Å². The van der Waals surface area contributed by atoms with Gasteiger partial charge < -0.3 is 15.4 Å². The lowest BCUT2D eigenvalue weighted by Crippen LogP contribution is -2.34. The number of hydrogen-bond donors (Lipinski definition) is 2. The molecule has 5 heteroatoms. The Balaban J connectivity index is 2.44. The van der Waals surface area contributed by atoms with E-state index in [1.807, 2.05) is 0 Å². The Hall–Kier alpha value is -1.26. The van der Waals surface area contributed by atoms with Crippen molar-refractivity contribution in [1.29, 1.82) is 0 Å². The van der Waals surface area contributed by atoms with Gasteiger partial charge in [-0.25, -0.2) is 4.79 Å². The van der Waals surface area contributed by atoms with Crippen LogP contribution in [-0.2, 0) is 9.53 Å². The predicted octanol–water partition coefficient (Wildman–Crippen LogP) is -1.16. The molecule has 0 aliphatic carbocycles. The number of alkyl carbamates (subject to hydrolysis) is 1. The minimum atomic E-state index is -0.655. The number of hydrogen-bond acceptors (Lipinski definition) is 3. The van der Waals surface area contributed by atoms with Gasteiger partial charge in [0.15, 0.2) is 6.10 Å². The van der Waals surface area contributed by atoms with Crippen LogP contribution in [0.3, 0.4) is 0 Å². The molecule has 0 bridgehead atoms. The third-order valence-corrected chi connectivity index (χ3v) is 1.22. The van der Waals surface area contributed by atoms with Gasteiger partial charge in [-0.2, -0.15) is 0 Å². The largest absolute Gasteiger partial charge is 0.434 e. The third kappa shape index (κ3) is 1.18. The average Bonchev–Trinajstić information content (AvgIpc) is 2.34. The van der Waals surface area contributed by atoms with E-state index in [4.69, 9.17) is 0 Å². The Morgan fingerprint density at radius 3 is 3.00 bits per heavy atom. The first-order chi connectivity index (χ1) is 4.74. The maximum atomic E-state index is 10.7. The van der Waals surface area contributed by atoms with Gasteiger partial charge in [0.1, 0.15) is 0 Å². The van der Waals surface area contributed by atoms with Crippen molar-refractivity contribution in [2.75, 3.05) is 13.6 Å². The highest BCUT2D eigenvalue weighted by atomic mass is 16.6. The summed E-state index contributed by atoms with van der Waals surface area (Å²) >= 11 is 0. The molecule has 1 fully saturated rings. The molecule has 0 saturated carbocycles. The van der Waals surface area contributed by atoms with Crippen LogP contribution in [0.4, 0.5) is 4.79 Å². The summed E-state index contributed by atoms with van der Waals surface area (Å²) in [5.74, 6) is -0.279. The molecule has 56 valence electrons. The molecule has 1 unspecified atom stereocenters. The monoisotopic (exact) mass is 144 g/mol. The van der Waals surface area contributed by atoms with Crippen LogP contribution in [-0.4, -0.2) is 31.7 Å². The summed E-state index contributed by atoms with van der Waals surface area (Å²) in [7, 11) is 1.49. The Bertz CT molecular complexity index is 168. The normalized spacial score (nSPS) is 23.3. The molecule has 10 heavy (non-hydrogen) atoms. The molecule has 1 aliphatic heterocycles. The zero-order valence-corrected chi connectivity index (χ0v) is 5.51. The fraction of sp³-hybridized carbons (Fsp3) is 0.600. The fourth-order valence-electron chi connectivity index (χ4n) is 0.696. The van der Waals surface area contributed by atoms with Gasteiger partial charge in [0.2, 0.25) is 0 Å². The van der Waals surface area contributed by atoms with Gasteiger partial charge in [0, 0.05) is 7.05 Å². The van der Waals surface area contributed by atoms with Crippen molar-refractivity contribution in [1.82, 2.24) is 10.6 Å². The summed E-state index contributed by atoms with van der Waals surface area (Å²) in [5, 5.41) is 4.73. The fourth-order valence-corrected chi connectivity index (χ4v) is 0.696. The van der Waals surface area contributed by atoms with Crippen LogP contribution < -0.4 is 10.6 Å². The Kier molecular flexibility index (Phi) is 1.75. The molecule has 2 N–H and O–H groups in total. The number of amides is 2. The second kappa shape index (κ2) is 2.55. The second-order valence-corrected chi connectivity index (χ2v) is 1.89. The smallest absolute Gasteiger partial charge is 0.408 e. The van der Waals surface area contributed by atoms with E-state index in [9.17, 15) is 9.59 Å². The first kappa shape index (κ1) is 6.85. The lowest BCUT2D eigenvalue weighted by atomic mass is 10.3. The van der Waals surface area contributed by atoms with Crippen LogP contribution in [0.5, 0.6) is 0 Å². The highest BCUT2D eigenvalue weighted by Crippen LogP contribution is 1.98. The van der Waals surface area contributed by atoms with Crippen LogP contribution >= 0.6 is 0 Å². The average molecular weight is 144 g/mol. The Labute approximate surface area is 57.7 Å². The zero-order valence-electron chi connectivity index (χ0n) is 5.51. The van der Waals surface area contributed by atoms with E-state index >= 15 is 0 Å². The highest BCUT2D eigenvalue weighted by Gasteiger charge is 2.27. The standard InChI is InChI=1S/C5H8N2O3/c1-6-4(8)3-2-7-5(9)10-3/h3H,2H2,1H3,(H,6,8)(H,7,9). The van der Waals surface area contributed by atoms with Crippen molar-refractivity contribution in [3.63, 3.8) is 0 Å². The number of rotatable bonds is 1. The summed E-state index contributed by atoms with van der Waals surface area (Å²) in [4.78, 5) is 21.1. The van der Waals surface area contributed by atoms with E-state index in [0.29, 0.717) is 0 Å². The molecular formula is C5H8N2O3. The van der Waals surface area contributed by atoms with Crippen molar-refractivity contribution in [2.24, 2.45) is 0 Å². The zero-order chi connectivity index (χ0) is 7.56. The molecule has 1 heterocycles. The number of cyclic esters (lactones) is 1. The second-order valence-electron chi connectivity index (χ2n) is 1.89. The van der Waals surface area contributed by atoms with Crippen molar-refractivity contribution in [3.8, 4) is 0 Å². The molecule has 0 aromatic heterocycles. The third-order valence-electron chi connectivity index (χ3n) is 1.22. The number of nitrogens with one attached hydrogen (secondary N) is 2. The van der Waals surface area contributed by atoms with Gasteiger partial charge in [0.05, 0.1) is 6.54 Å². The van der Waals surface area contributed by atoms with E-state index < -0.39 is 12.2 Å². The molecule has 1 rings (SSSR count). The van der Waals surface area contributed by atoms with Gasteiger partial charge in [-0.15, -0.1) is 0 Å². The van der Waals surface area contributed by atoms with Gasteiger partial charge in [-0.3, -0.25) is 4.79 Å². The molecule has 0 aromatic rings. The molecule has 0 spiro atoms. The number of carbonyl (C=O) groups excluding carboxylic acids is 2. The van der Waals surface area contributed by atoms with E-state index in [2.05, 4.69) is 15.4 Å². The predicted molar refractivity (Wildman–Crippen MR) is 32.3 cm³/mol. The number of ether oxygens (including phenoxy) is 1. The molecule has 1 atom stereocenters. The minimum absolute atomic E-state index is 0.262. The van der Waals surface area contributed by atoms with Crippen LogP contribution in [0, 0.1) is 0 Å². The van der Waals surface area contributed by atoms with E-state index in [1.165, 1.54) is 7.05 Å². The molecule has 0 radical (unpaired) electrons. The highest BCUT2D eigenvalue weighted by molar-refractivity contribution is 5.85. The van der Waals surface area contributed by atoms with E-state index in [-0.39, 0.29) is 12.5 Å². The molecule has 1 saturated heterocycles. The van der Waals surface area contributed by atoms with Crippen molar-refractivity contribution < 1.29 is 14.3 Å². The van der Waals surface area contributed by atoms with Crippen LogP contribution in [0.25, 0.3) is 0 Å². The Morgan fingerprint density at radius 2 is 2.60 bits per heavy atom. The quantitative estimate of drug-likeness (QED) is 0.488. The maximum Gasteiger partial charge on any atom is 0.408 e. The topological polar surface area (TPSA) is 67.4 Å². The van der Waals surface area contributed by atoms with E-state index in [0.717, 1.165) is 0 Å². The van der Waals surface area contributed by atoms with Crippen molar-refractivity contribution >= 4 is 12.0 Å². The maximum absolute atomic E-state index is 10.7. The molecular weight excluding hydrogens is 136 g/mol. The van der Waals surface area contributed by atoms with Crippen LogP contribution in [0.2, 0.25) is 0 Å². The van der Waals surface area contributed by atoms with Crippen LogP contribution in [0.15, 0.2) is 0 Å². The summed E-state index contributed by atoms with van der Waals surface area (Å²) in [5.41, 5.74) is 0. The summed E-state index contributed by atoms with van der Waals surface area (Å²) in [6.07, 6.45) is -1.19. The van der Waals surface area contributed by atoms with E-state index in [1.54, 1.807) is 0 Å². The van der Waals surface area contributed by atoms with Crippen molar-refractivity contribution in [3.05, 3.63) is 0 Å². The minimum Gasteiger partial charge on any atom is -0.434 e. The van der Waals surface area contributed by atoms with Gasteiger partial charge in [0.25, 0.3) is 5.91 Å². The Morgan fingerprint density at radius 1 is 1.90 bits per heavy atom. The molecule has 5 nitrogen and oxygen atoms in total. The SMILES string of the molecule is CNC(=O)C1CNC(=O)O1. The van der Waals surface area contributed by atoms with Gasteiger partial charge in [-0.05, 0) is 0 Å². The summed E-state index contributed by atoms with van der Waals surface area (Å²) in [6, 6.07) is 0. The lowest BCUT2D eigenvalue weighted by Gasteiger charge is -2.03. The first-order valence-electron chi connectivity index (χ1n) is 2.90. The molecule has 2 amide bonds. The van der Waals surface area contributed by atoms with Crippen molar-refractivity contribution in [2.45, 2.75) is 6.10 Å². The first-order valence-corrected chi connectivity index (χ1v) is 2.90. The summed E-state index contributed by atoms with van der Waals surface area (Å²) < 4.78 is 4.55. The number of carbonyl (C=O) groups is 2.